The van der Waals surface area contributed by atoms with E-state index in [0.29, 0.717) is 12.1 Å². The van der Waals surface area contributed by atoms with Crippen LogP contribution in [0.1, 0.15) is 18.6 Å². The van der Waals surface area contributed by atoms with Gasteiger partial charge < -0.3 is 15.5 Å². The first kappa shape index (κ1) is 12.1. The monoisotopic (exact) mass is 213 g/mol. The maximum atomic E-state index is 12.8. The molecule has 0 bridgehead atoms. The first-order valence-electron chi connectivity index (χ1n) is 4.91. The van der Waals surface area contributed by atoms with Crippen LogP contribution in [0.4, 0.5) is 4.39 Å². The quantitative estimate of drug-likeness (QED) is 0.679. The molecule has 1 rings (SSSR count). The van der Waals surface area contributed by atoms with Crippen LogP contribution >= 0.6 is 0 Å². The number of nitrogens with one attached hydrogen (secondary N) is 1. The number of rotatable bonds is 5. The summed E-state index contributed by atoms with van der Waals surface area (Å²) in [6.07, 6.45) is -0.755. The molecule has 1 unspecified atom stereocenters. The summed E-state index contributed by atoms with van der Waals surface area (Å²) in [6, 6.07) is 5.78. The van der Waals surface area contributed by atoms with Gasteiger partial charge in [-0.3, -0.25) is 0 Å². The van der Waals surface area contributed by atoms with Crippen LogP contribution in [0.3, 0.4) is 0 Å². The smallest absolute Gasteiger partial charge is 0.123 e. The zero-order chi connectivity index (χ0) is 11.3. The van der Waals surface area contributed by atoms with Crippen molar-refractivity contribution < 1.29 is 14.6 Å². The van der Waals surface area contributed by atoms with E-state index in [1.807, 2.05) is 0 Å². The predicted molar refractivity (Wildman–Crippen MR) is 55.9 cm³/mol. The molecule has 0 aromatic heterocycles. The maximum Gasteiger partial charge on any atom is 0.123 e. The van der Waals surface area contributed by atoms with Gasteiger partial charge in [-0.25, -0.2) is 4.39 Å². The third-order valence-electron chi connectivity index (χ3n) is 2.17. The van der Waals surface area contributed by atoms with Gasteiger partial charge in [0.1, 0.15) is 5.82 Å². The van der Waals surface area contributed by atoms with Gasteiger partial charge in [0.15, 0.2) is 0 Å². The molecular formula is C11H16FNO2. The summed E-state index contributed by atoms with van der Waals surface area (Å²) in [6.45, 7) is 2.11. The van der Waals surface area contributed by atoms with Crippen LogP contribution in [-0.4, -0.2) is 29.4 Å². The number of hydrogen-bond acceptors (Lipinski definition) is 3. The Balaban J connectivity index is 2.50. The van der Waals surface area contributed by atoms with E-state index in [2.05, 4.69) is 5.32 Å². The zero-order valence-corrected chi connectivity index (χ0v) is 8.65. The summed E-state index contributed by atoms with van der Waals surface area (Å²) >= 11 is 0. The van der Waals surface area contributed by atoms with Gasteiger partial charge in [-0.05, 0) is 24.6 Å². The summed E-state index contributed by atoms with van der Waals surface area (Å²) < 4.78 is 12.8. The number of aliphatic hydroxyl groups excluding tert-OH is 2. The van der Waals surface area contributed by atoms with E-state index in [1.54, 1.807) is 19.1 Å². The number of hydrogen-bond donors (Lipinski definition) is 3. The van der Waals surface area contributed by atoms with Crippen molar-refractivity contribution in [2.75, 3.05) is 13.2 Å². The van der Waals surface area contributed by atoms with Gasteiger partial charge in [0.25, 0.3) is 0 Å². The van der Waals surface area contributed by atoms with Crippen molar-refractivity contribution in [1.82, 2.24) is 5.32 Å². The summed E-state index contributed by atoms with van der Waals surface area (Å²) in [5, 5.41) is 21.4. The highest BCUT2D eigenvalue weighted by Crippen LogP contribution is 2.12. The second-order valence-electron chi connectivity index (χ2n) is 3.56. The lowest BCUT2D eigenvalue weighted by Crippen LogP contribution is -2.32. The Bertz CT molecular complexity index is 306. The average molecular weight is 213 g/mol. The van der Waals surface area contributed by atoms with Crippen LogP contribution in [0.5, 0.6) is 0 Å². The van der Waals surface area contributed by atoms with Crippen molar-refractivity contribution in [2.24, 2.45) is 0 Å². The van der Waals surface area contributed by atoms with Crippen molar-refractivity contribution in [3.63, 3.8) is 0 Å². The van der Waals surface area contributed by atoms with Crippen molar-refractivity contribution in [3.8, 4) is 0 Å². The van der Waals surface area contributed by atoms with Gasteiger partial charge in [-0.1, -0.05) is 12.1 Å². The molecule has 0 aliphatic carbocycles. The van der Waals surface area contributed by atoms with Crippen LogP contribution in [0, 0.1) is 5.82 Å². The third kappa shape index (κ3) is 3.95. The first-order valence-corrected chi connectivity index (χ1v) is 4.91. The highest BCUT2D eigenvalue weighted by molar-refractivity contribution is 5.18. The van der Waals surface area contributed by atoms with Gasteiger partial charge in [0, 0.05) is 12.6 Å². The average Bonchev–Trinajstić information content (AvgIpc) is 2.25. The van der Waals surface area contributed by atoms with Crippen LogP contribution in [0.15, 0.2) is 24.3 Å². The third-order valence-corrected chi connectivity index (χ3v) is 2.17. The molecular weight excluding hydrogens is 197 g/mol. The highest BCUT2D eigenvalue weighted by atomic mass is 19.1. The van der Waals surface area contributed by atoms with E-state index in [9.17, 15) is 9.50 Å². The van der Waals surface area contributed by atoms with Gasteiger partial charge in [-0.2, -0.15) is 0 Å². The molecule has 0 saturated heterocycles. The minimum absolute atomic E-state index is 0.00979. The second kappa shape index (κ2) is 5.80. The van der Waals surface area contributed by atoms with Crippen molar-refractivity contribution in [2.45, 2.75) is 19.1 Å². The van der Waals surface area contributed by atoms with E-state index in [1.165, 1.54) is 12.1 Å². The Kier molecular flexibility index (Phi) is 4.68. The Hall–Kier alpha value is -0.970. The van der Waals surface area contributed by atoms with Crippen molar-refractivity contribution >= 4 is 0 Å². The standard InChI is InChI=1S/C11H16FNO2/c1-8(7-14)13-6-11(15)9-3-2-4-10(12)5-9/h2-5,8,11,13-15H,6-7H2,1H3/t8-,11?/m0/s1. The molecule has 1 aromatic rings. The first-order chi connectivity index (χ1) is 7.13. The van der Waals surface area contributed by atoms with Gasteiger partial charge in [0.2, 0.25) is 0 Å². The van der Waals surface area contributed by atoms with E-state index < -0.39 is 6.10 Å². The lowest BCUT2D eigenvalue weighted by atomic mass is 10.1. The molecule has 84 valence electrons. The van der Waals surface area contributed by atoms with Crippen LogP contribution < -0.4 is 5.32 Å². The molecule has 4 heteroatoms. The summed E-state index contributed by atoms with van der Waals surface area (Å²) in [4.78, 5) is 0. The minimum atomic E-state index is -0.755. The Labute approximate surface area is 88.6 Å². The summed E-state index contributed by atoms with van der Waals surface area (Å²) in [5.74, 6) is -0.359. The van der Waals surface area contributed by atoms with Gasteiger partial charge in [0.05, 0.1) is 12.7 Å². The maximum absolute atomic E-state index is 12.8. The van der Waals surface area contributed by atoms with Crippen LogP contribution in [0.25, 0.3) is 0 Å². The van der Waals surface area contributed by atoms with E-state index in [-0.39, 0.29) is 18.5 Å². The van der Waals surface area contributed by atoms with Crippen molar-refractivity contribution in [1.29, 1.82) is 0 Å². The fraction of sp³-hybridized carbons (Fsp3) is 0.455. The zero-order valence-electron chi connectivity index (χ0n) is 8.65. The van der Waals surface area contributed by atoms with E-state index in [0.717, 1.165) is 0 Å². The van der Waals surface area contributed by atoms with E-state index in [4.69, 9.17) is 5.11 Å². The molecule has 0 heterocycles. The van der Waals surface area contributed by atoms with Gasteiger partial charge >= 0.3 is 0 Å². The number of halogens is 1. The largest absolute Gasteiger partial charge is 0.395 e. The molecule has 0 amide bonds. The molecule has 15 heavy (non-hydrogen) atoms. The molecule has 3 N–H and O–H groups in total. The molecule has 0 spiro atoms. The lowest BCUT2D eigenvalue weighted by Gasteiger charge is -2.15. The summed E-state index contributed by atoms with van der Waals surface area (Å²) in [7, 11) is 0. The van der Waals surface area contributed by atoms with Crippen LogP contribution in [0.2, 0.25) is 0 Å². The van der Waals surface area contributed by atoms with E-state index >= 15 is 0 Å². The Morgan fingerprint density at radius 3 is 2.80 bits per heavy atom. The SMILES string of the molecule is C[C@@H](CO)NCC(O)c1cccc(F)c1. The molecule has 0 fully saturated rings. The molecule has 1 aromatic carbocycles. The van der Waals surface area contributed by atoms with Crippen LogP contribution in [-0.2, 0) is 0 Å². The summed E-state index contributed by atoms with van der Waals surface area (Å²) in [5.41, 5.74) is 0.535. The molecule has 0 aliphatic rings. The highest BCUT2D eigenvalue weighted by Gasteiger charge is 2.09. The predicted octanol–water partition coefficient (Wildman–Crippen LogP) is 0.830. The Morgan fingerprint density at radius 2 is 2.20 bits per heavy atom. The fourth-order valence-electron chi connectivity index (χ4n) is 1.21. The molecule has 0 radical (unpaired) electrons. The second-order valence-corrected chi connectivity index (χ2v) is 3.56. The number of benzene rings is 1. The Morgan fingerprint density at radius 1 is 1.47 bits per heavy atom. The fourth-order valence-corrected chi connectivity index (χ4v) is 1.21. The molecule has 0 saturated carbocycles. The molecule has 0 aliphatic heterocycles. The van der Waals surface area contributed by atoms with Crippen molar-refractivity contribution in [3.05, 3.63) is 35.6 Å². The molecule has 3 nitrogen and oxygen atoms in total. The molecule has 2 atom stereocenters. The topological polar surface area (TPSA) is 52.5 Å². The number of aliphatic hydroxyl groups is 2. The minimum Gasteiger partial charge on any atom is -0.395 e. The van der Waals surface area contributed by atoms with Gasteiger partial charge in [-0.15, -0.1) is 0 Å². The normalized spacial score (nSPS) is 14.9. The lowest BCUT2D eigenvalue weighted by molar-refractivity contribution is 0.161.